The summed E-state index contributed by atoms with van der Waals surface area (Å²) >= 11 is 0. The molecule has 2 aliphatic rings. The van der Waals surface area contributed by atoms with Crippen LogP contribution in [0, 0.1) is 5.82 Å². The number of halogens is 1. The Morgan fingerprint density at radius 3 is 2.44 bits per heavy atom. The van der Waals surface area contributed by atoms with E-state index in [0.29, 0.717) is 35.1 Å². The number of hydrogen-bond donors (Lipinski definition) is 0. The summed E-state index contributed by atoms with van der Waals surface area (Å²) in [6.07, 6.45) is 3.39. The van der Waals surface area contributed by atoms with Gasteiger partial charge in [0.1, 0.15) is 29.4 Å². The molecule has 0 atom stereocenters. The number of hydrogen-bond acceptors (Lipinski definition) is 5. The van der Waals surface area contributed by atoms with Gasteiger partial charge in [0.05, 0.1) is 18.0 Å². The maximum atomic E-state index is 14.1. The van der Waals surface area contributed by atoms with Crippen LogP contribution < -0.4 is 0 Å². The quantitative estimate of drug-likeness (QED) is 0.374. The number of imidazole rings is 1. The predicted octanol–water partition coefficient (Wildman–Crippen LogP) is 5.58. The van der Waals surface area contributed by atoms with E-state index in [2.05, 4.69) is 65.3 Å². The summed E-state index contributed by atoms with van der Waals surface area (Å²) in [5.74, 6) is 0.664. The highest BCUT2D eigenvalue weighted by Gasteiger charge is 2.17. The smallest absolute Gasteiger partial charge is 0.163 e. The number of aromatic nitrogens is 5. The van der Waals surface area contributed by atoms with E-state index in [-0.39, 0.29) is 11.2 Å². The molecule has 0 amide bonds. The molecule has 32 heavy (non-hydrogen) atoms. The van der Waals surface area contributed by atoms with Crippen LogP contribution in [-0.2, 0) is 12.0 Å². The van der Waals surface area contributed by atoms with Gasteiger partial charge in [-0.25, -0.2) is 14.4 Å². The third-order valence-electron chi connectivity index (χ3n) is 5.35. The van der Waals surface area contributed by atoms with Crippen LogP contribution in [0.15, 0.2) is 71.5 Å². The van der Waals surface area contributed by atoms with E-state index in [1.165, 1.54) is 11.6 Å². The Hall–Kier alpha value is -3.87. The Balaban J connectivity index is 1.37. The second kappa shape index (κ2) is 7.67. The molecule has 0 N–H and O–H groups in total. The first-order valence-electron chi connectivity index (χ1n) is 10.4. The Kier molecular flexibility index (Phi) is 4.81. The fourth-order valence-corrected chi connectivity index (χ4v) is 3.53. The van der Waals surface area contributed by atoms with Gasteiger partial charge in [0.2, 0.25) is 0 Å². The molecular formula is C25H22FN5O. The minimum Gasteiger partial charge on any atom is -0.359 e. The van der Waals surface area contributed by atoms with Crippen molar-refractivity contribution in [2.45, 2.75) is 32.7 Å². The highest BCUT2D eigenvalue weighted by molar-refractivity contribution is 5.65. The summed E-state index contributed by atoms with van der Waals surface area (Å²) in [5, 5.41) is 8.59. The van der Waals surface area contributed by atoms with Crippen LogP contribution in [0.4, 0.5) is 4.39 Å². The summed E-state index contributed by atoms with van der Waals surface area (Å²) in [4.78, 5) is 8.87. The van der Waals surface area contributed by atoms with Crippen LogP contribution in [0.25, 0.3) is 34.0 Å². The van der Waals surface area contributed by atoms with Gasteiger partial charge >= 0.3 is 0 Å². The standard InChI is InChI=1S/C25H22FN5O/c1-25(2,3)17-10-8-16(9-11-17)21-12-18(32-30-21)14-31-15-23-22(13-27-31)28-24(29-23)19-6-4-5-7-20(19)26/h4-13,15H,14H2,1-3H3. The van der Waals surface area contributed by atoms with E-state index < -0.39 is 0 Å². The molecule has 160 valence electrons. The third-order valence-corrected chi connectivity index (χ3v) is 5.35. The molecule has 0 bridgehead atoms. The first-order valence-corrected chi connectivity index (χ1v) is 10.4. The molecule has 0 fully saturated rings. The molecule has 3 aromatic rings. The van der Waals surface area contributed by atoms with E-state index in [1.807, 2.05) is 6.07 Å². The fourth-order valence-electron chi connectivity index (χ4n) is 3.53. The largest absolute Gasteiger partial charge is 0.359 e. The van der Waals surface area contributed by atoms with Gasteiger partial charge in [0.25, 0.3) is 0 Å². The van der Waals surface area contributed by atoms with Crippen LogP contribution in [0.2, 0.25) is 0 Å². The van der Waals surface area contributed by atoms with E-state index in [4.69, 9.17) is 4.52 Å². The summed E-state index contributed by atoms with van der Waals surface area (Å²) in [6, 6.07) is 16.7. The molecule has 5 rings (SSSR count). The second-order valence-electron chi connectivity index (χ2n) is 8.77. The zero-order chi connectivity index (χ0) is 22.3. The lowest BCUT2D eigenvalue weighted by Crippen LogP contribution is -2.10. The van der Waals surface area contributed by atoms with Gasteiger partial charge in [-0.15, -0.1) is 0 Å². The van der Waals surface area contributed by atoms with Gasteiger partial charge in [-0.2, -0.15) is 5.10 Å². The molecule has 0 unspecified atom stereocenters. The fraction of sp³-hybridized carbons (Fsp3) is 0.200. The minimum absolute atomic E-state index is 0.101. The Bertz CT molecular complexity index is 1350. The molecule has 1 aromatic heterocycles. The van der Waals surface area contributed by atoms with Crippen molar-refractivity contribution in [3.8, 4) is 34.0 Å². The molecule has 2 aliphatic heterocycles. The monoisotopic (exact) mass is 427 g/mol. The predicted molar refractivity (Wildman–Crippen MR) is 120 cm³/mol. The summed E-state index contributed by atoms with van der Waals surface area (Å²) in [6.45, 7) is 6.96. The highest BCUT2D eigenvalue weighted by atomic mass is 19.1. The van der Waals surface area contributed by atoms with Crippen molar-refractivity contribution in [3.05, 3.63) is 84.1 Å². The molecule has 0 saturated carbocycles. The van der Waals surface area contributed by atoms with E-state index >= 15 is 0 Å². The lowest BCUT2D eigenvalue weighted by molar-refractivity contribution is 0.372. The zero-order valence-electron chi connectivity index (χ0n) is 18.1. The maximum absolute atomic E-state index is 14.1. The lowest BCUT2D eigenvalue weighted by atomic mass is 9.86. The SMILES string of the molecule is CC(C)(C)c1ccc(-c2cc(Cn3cc4nc(-c5ccccc5F)nc-4cn3)on2)cc1. The minimum atomic E-state index is -0.353. The third kappa shape index (κ3) is 3.89. The number of rotatable bonds is 4. The topological polar surface area (TPSA) is 69.6 Å². The molecule has 0 radical (unpaired) electrons. The average molecular weight is 427 g/mol. The number of nitrogens with zero attached hydrogens (tertiary/aromatic N) is 5. The van der Waals surface area contributed by atoms with Crippen molar-refractivity contribution >= 4 is 0 Å². The first kappa shape index (κ1) is 20.1. The number of fused-ring (bicyclic) bond motifs is 1. The van der Waals surface area contributed by atoms with Crippen molar-refractivity contribution in [1.29, 1.82) is 0 Å². The lowest BCUT2D eigenvalue weighted by Gasteiger charge is -2.18. The van der Waals surface area contributed by atoms with Crippen LogP contribution >= 0.6 is 0 Å². The second-order valence-corrected chi connectivity index (χ2v) is 8.77. The molecule has 0 aliphatic carbocycles. The van der Waals surface area contributed by atoms with Gasteiger partial charge < -0.3 is 4.52 Å². The van der Waals surface area contributed by atoms with Crippen LogP contribution in [0.5, 0.6) is 0 Å². The maximum Gasteiger partial charge on any atom is 0.163 e. The van der Waals surface area contributed by atoms with E-state index in [0.717, 1.165) is 11.3 Å². The Labute approximate surface area is 185 Å². The summed E-state index contributed by atoms with van der Waals surface area (Å²) in [7, 11) is 0. The van der Waals surface area contributed by atoms with Crippen LogP contribution in [0.1, 0.15) is 32.1 Å². The van der Waals surface area contributed by atoms with Gasteiger partial charge in [-0.1, -0.05) is 62.3 Å². The molecule has 7 heteroatoms. The average Bonchev–Trinajstić information content (AvgIpc) is 3.40. The zero-order valence-corrected chi connectivity index (χ0v) is 18.1. The van der Waals surface area contributed by atoms with Gasteiger partial charge in [0, 0.05) is 11.6 Å². The van der Waals surface area contributed by atoms with Gasteiger partial charge in [-0.05, 0) is 23.1 Å². The molecule has 2 aromatic carbocycles. The van der Waals surface area contributed by atoms with Crippen LogP contribution in [0.3, 0.4) is 0 Å². The van der Waals surface area contributed by atoms with Crippen molar-refractivity contribution in [1.82, 2.24) is 24.9 Å². The molecule has 6 nitrogen and oxygen atoms in total. The van der Waals surface area contributed by atoms with Crippen LogP contribution in [-0.4, -0.2) is 24.9 Å². The summed E-state index contributed by atoms with van der Waals surface area (Å²) < 4.78 is 21.3. The Morgan fingerprint density at radius 2 is 1.69 bits per heavy atom. The highest BCUT2D eigenvalue weighted by Crippen LogP contribution is 2.27. The molecule has 3 heterocycles. The molecule has 0 spiro atoms. The normalized spacial score (nSPS) is 11.9. The molecule has 0 saturated heterocycles. The van der Waals surface area contributed by atoms with Crippen molar-refractivity contribution in [2.75, 3.05) is 0 Å². The van der Waals surface area contributed by atoms with E-state index in [1.54, 1.807) is 35.3 Å². The summed E-state index contributed by atoms with van der Waals surface area (Å²) in [5.41, 5.74) is 4.75. The van der Waals surface area contributed by atoms with E-state index in [9.17, 15) is 4.39 Å². The van der Waals surface area contributed by atoms with Gasteiger partial charge in [-0.3, -0.25) is 4.68 Å². The number of benzene rings is 2. The van der Waals surface area contributed by atoms with Crippen molar-refractivity contribution in [2.24, 2.45) is 0 Å². The molecular weight excluding hydrogens is 405 g/mol. The van der Waals surface area contributed by atoms with Crippen molar-refractivity contribution < 1.29 is 8.91 Å². The Morgan fingerprint density at radius 1 is 0.938 bits per heavy atom. The van der Waals surface area contributed by atoms with Gasteiger partial charge in [0.15, 0.2) is 11.6 Å². The van der Waals surface area contributed by atoms with Crippen molar-refractivity contribution in [3.63, 3.8) is 0 Å². The first-order chi connectivity index (χ1) is 15.4.